The first-order valence-electron chi connectivity index (χ1n) is 9.67. The maximum absolute atomic E-state index is 12.6. The topological polar surface area (TPSA) is 90.0 Å². The summed E-state index contributed by atoms with van der Waals surface area (Å²) in [6.45, 7) is 6.25. The fourth-order valence-electron chi connectivity index (χ4n) is 3.07. The molecule has 0 saturated heterocycles. The molecule has 0 saturated carbocycles. The van der Waals surface area contributed by atoms with E-state index >= 15 is 0 Å². The van der Waals surface area contributed by atoms with Crippen LogP contribution in [0.15, 0.2) is 65.5 Å². The van der Waals surface area contributed by atoms with Gasteiger partial charge in [-0.05, 0) is 36.1 Å². The van der Waals surface area contributed by atoms with Crippen molar-refractivity contribution in [2.75, 3.05) is 6.54 Å². The van der Waals surface area contributed by atoms with E-state index in [2.05, 4.69) is 24.3 Å². The third-order valence-electron chi connectivity index (χ3n) is 4.84. The number of carbonyl (C=O) groups is 1. The fourth-order valence-corrected chi connectivity index (χ4v) is 3.07. The number of nitrogens with one attached hydrogen (secondary N) is 1. The van der Waals surface area contributed by atoms with Crippen LogP contribution in [0.5, 0.6) is 0 Å². The Labute approximate surface area is 182 Å². The number of aromatic nitrogens is 2. The predicted molar refractivity (Wildman–Crippen MR) is 122 cm³/mol. The van der Waals surface area contributed by atoms with Crippen molar-refractivity contribution < 1.29 is 4.79 Å². The van der Waals surface area contributed by atoms with Crippen molar-refractivity contribution in [2.24, 2.45) is 5.73 Å². The molecule has 6 nitrogen and oxygen atoms in total. The first-order chi connectivity index (χ1) is 13.9. The van der Waals surface area contributed by atoms with E-state index in [9.17, 15) is 9.59 Å². The fraction of sp³-hybridized carbons (Fsp3) is 0.261. The van der Waals surface area contributed by atoms with Crippen molar-refractivity contribution in [3.05, 3.63) is 93.4 Å². The minimum absolute atomic E-state index is 0. The van der Waals surface area contributed by atoms with E-state index in [0.29, 0.717) is 11.6 Å². The highest BCUT2D eigenvalue weighted by atomic mass is 35.5. The van der Waals surface area contributed by atoms with Gasteiger partial charge < -0.3 is 11.1 Å². The molecule has 0 spiro atoms. The third kappa shape index (κ3) is 5.34. The molecule has 1 heterocycles. The van der Waals surface area contributed by atoms with Gasteiger partial charge in [-0.25, -0.2) is 4.68 Å². The zero-order valence-corrected chi connectivity index (χ0v) is 18.1. The van der Waals surface area contributed by atoms with Crippen LogP contribution in [-0.4, -0.2) is 22.2 Å². The highest BCUT2D eigenvalue weighted by Crippen LogP contribution is 2.17. The largest absolute Gasteiger partial charge is 0.349 e. The van der Waals surface area contributed by atoms with E-state index in [1.54, 1.807) is 11.6 Å². The summed E-state index contributed by atoms with van der Waals surface area (Å²) in [5.74, 6) is -0.0895. The SMILES string of the molecule is Cc1cc(=O)c(C(=O)NCC(N)c2ccc(C(C)C)cc2)nn1-c1ccccc1.Cl. The van der Waals surface area contributed by atoms with Crippen LogP contribution in [0.1, 0.15) is 53.1 Å². The Bertz CT molecular complexity index is 1050. The molecule has 1 atom stereocenters. The van der Waals surface area contributed by atoms with Crippen LogP contribution in [0.2, 0.25) is 0 Å². The summed E-state index contributed by atoms with van der Waals surface area (Å²) in [7, 11) is 0. The second-order valence-electron chi connectivity index (χ2n) is 7.38. The van der Waals surface area contributed by atoms with Crippen molar-refractivity contribution in [2.45, 2.75) is 32.7 Å². The molecule has 3 aromatic rings. The average molecular weight is 427 g/mol. The molecule has 30 heavy (non-hydrogen) atoms. The molecule has 0 bridgehead atoms. The standard InChI is InChI=1S/C23H26N4O2.ClH/c1-15(2)17-9-11-18(12-10-17)20(24)14-25-23(29)22-21(28)13-16(3)27(26-22)19-7-5-4-6-8-19;/h4-13,15,20H,14,24H2,1-3H3,(H,25,29);1H. The Balaban J connectivity index is 0.00000320. The van der Waals surface area contributed by atoms with Gasteiger partial charge in [0.15, 0.2) is 5.69 Å². The number of nitrogens with two attached hydrogens (primary N) is 1. The lowest BCUT2D eigenvalue weighted by Gasteiger charge is -2.15. The number of para-hydroxylation sites is 1. The Morgan fingerprint density at radius 1 is 1.07 bits per heavy atom. The zero-order chi connectivity index (χ0) is 21.0. The van der Waals surface area contributed by atoms with Crippen LogP contribution in [0.25, 0.3) is 5.69 Å². The van der Waals surface area contributed by atoms with E-state index in [1.165, 1.54) is 11.6 Å². The normalized spacial score (nSPS) is 11.6. The maximum atomic E-state index is 12.6. The summed E-state index contributed by atoms with van der Waals surface area (Å²) in [6, 6.07) is 18.4. The van der Waals surface area contributed by atoms with Crippen LogP contribution in [0.3, 0.4) is 0 Å². The molecule has 0 aliphatic rings. The molecule has 0 aliphatic carbocycles. The Kier molecular flexibility index (Phi) is 7.92. The minimum Gasteiger partial charge on any atom is -0.349 e. The van der Waals surface area contributed by atoms with Crippen molar-refractivity contribution in [3.63, 3.8) is 0 Å². The molecule has 0 aliphatic heterocycles. The van der Waals surface area contributed by atoms with Crippen molar-refractivity contribution in [1.29, 1.82) is 0 Å². The van der Waals surface area contributed by atoms with Crippen LogP contribution in [-0.2, 0) is 0 Å². The predicted octanol–water partition coefficient (Wildman–Crippen LogP) is 3.52. The number of halogens is 1. The van der Waals surface area contributed by atoms with Gasteiger partial charge in [-0.2, -0.15) is 5.10 Å². The van der Waals surface area contributed by atoms with Crippen molar-refractivity contribution in [1.82, 2.24) is 15.1 Å². The third-order valence-corrected chi connectivity index (χ3v) is 4.84. The molecule has 1 aromatic heterocycles. The minimum atomic E-state index is -0.533. The molecule has 2 aromatic carbocycles. The molecule has 3 rings (SSSR count). The number of benzene rings is 2. The number of hydrogen-bond acceptors (Lipinski definition) is 4. The van der Waals surface area contributed by atoms with Gasteiger partial charge in [-0.15, -0.1) is 12.4 Å². The van der Waals surface area contributed by atoms with E-state index in [0.717, 1.165) is 11.3 Å². The lowest BCUT2D eigenvalue weighted by atomic mass is 9.99. The Morgan fingerprint density at radius 3 is 2.27 bits per heavy atom. The molecular weight excluding hydrogens is 400 g/mol. The van der Waals surface area contributed by atoms with Gasteiger partial charge in [0.2, 0.25) is 5.43 Å². The number of amides is 1. The van der Waals surface area contributed by atoms with Gasteiger partial charge in [0.25, 0.3) is 5.91 Å². The molecule has 7 heteroatoms. The zero-order valence-electron chi connectivity index (χ0n) is 17.3. The van der Waals surface area contributed by atoms with E-state index < -0.39 is 11.3 Å². The number of hydrogen-bond donors (Lipinski definition) is 2. The number of aryl methyl sites for hydroxylation is 1. The van der Waals surface area contributed by atoms with Crippen LogP contribution < -0.4 is 16.5 Å². The van der Waals surface area contributed by atoms with Gasteiger partial charge >= 0.3 is 0 Å². The number of carbonyl (C=O) groups excluding carboxylic acids is 1. The maximum Gasteiger partial charge on any atom is 0.275 e. The van der Waals surface area contributed by atoms with Crippen LogP contribution in [0.4, 0.5) is 0 Å². The summed E-state index contributed by atoms with van der Waals surface area (Å²) in [5, 5.41) is 7.01. The summed E-state index contributed by atoms with van der Waals surface area (Å²) in [5.41, 5.74) is 9.23. The first-order valence-corrected chi connectivity index (χ1v) is 9.67. The second-order valence-corrected chi connectivity index (χ2v) is 7.38. The smallest absolute Gasteiger partial charge is 0.275 e. The molecular formula is C23H27ClN4O2. The Hall–Kier alpha value is -2.96. The van der Waals surface area contributed by atoms with Crippen LogP contribution >= 0.6 is 12.4 Å². The summed E-state index contributed by atoms with van der Waals surface area (Å²) < 4.78 is 1.58. The van der Waals surface area contributed by atoms with Crippen molar-refractivity contribution in [3.8, 4) is 5.69 Å². The molecule has 0 radical (unpaired) electrons. The highest BCUT2D eigenvalue weighted by Gasteiger charge is 2.16. The number of rotatable bonds is 6. The van der Waals surface area contributed by atoms with Gasteiger partial charge in [-0.1, -0.05) is 56.3 Å². The van der Waals surface area contributed by atoms with Gasteiger partial charge in [0.05, 0.1) is 5.69 Å². The summed E-state index contributed by atoms with van der Waals surface area (Å²) in [6.07, 6.45) is 0. The molecule has 158 valence electrons. The quantitative estimate of drug-likeness (QED) is 0.631. The lowest BCUT2D eigenvalue weighted by molar-refractivity contribution is 0.0943. The van der Waals surface area contributed by atoms with Gasteiger partial charge in [-0.3, -0.25) is 9.59 Å². The van der Waals surface area contributed by atoms with Gasteiger partial charge in [0, 0.05) is 24.3 Å². The summed E-state index contributed by atoms with van der Waals surface area (Å²) in [4.78, 5) is 24.9. The number of nitrogens with zero attached hydrogens (tertiary/aromatic N) is 2. The molecule has 1 unspecified atom stereocenters. The van der Waals surface area contributed by atoms with Crippen LogP contribution in [0, 0.1) is 6.92 Å². The van der Waals surface area contributed by atoms with Crippen molar-refractivity contribution >= 4 is 18.3 Å². The molecule has 1 amide bonds. The monoisotopic (exact) mass is 426 g/mol. The first kappa shape index (κ1) is 23.3. The van der Waals surface area contributed by atoms with E-state index in [-0.39, 0.29) is 30.7 Å². The Morgan fingerprint density at radius 2 is 1.67 bits per heavy atom. The second kappa shape index (κ2) is 10.2. The lowest BCUT2D eigenvalue weighted by Crippen LogP contribution is -2.36. The highest BCUT2D eigenvalue weighted by molar-refractivity contribution is 5.92. The molecule has 3 N–H and O–H groups in total. The molecule has 0 fully saturated rings. The van der Waals surface area contributed by atoms with E-state index in [4.69, 9.17) is 5.73 Å². The van der Waals surface area contributed by atoms with Gasteiger partial charge in [0.1, 0.15) is 0 Å². The van der Waals surface area contributed by atoms with E-state index in [1.807, 2.05) is 54.6 Å². The average Bonchev–Trinajstić information content (AvgIpc) is 2.72. The summed E-state index contributed by atoms with van der Waals surface area (Å²) >= 11 is 0.